The van der Waals surface area contributed by atoms with Crippen LogP contribution in [-0.2, 0) is 19.9 Å². The molecule has 0 bridgehead atoms. The van der Waals surface area contributed by atoms with Crippen LogP contribution < -0.4 is 4.74 Å². The van der Waals surface area contributed by atoms with Crippen molar-refractivity contribution < 1.29 is 19.0 Å². The standard InChI is InChI=1S/C21H22O4/c1-14-6-8-15(9-7-14)21(16-10-12-17(23-2)13-11-16)19(25-21)20(22)24-18-4-3-5-18/h6-13,18-19H,3-5H2,1-2H3. The van der Waals surface area contributed by atoms with E-state index in [9.17, 15) is 4.79 Å². The molecule has 130 valence electrons. The highest BCUT2D eigenvalue weighted by molar-refractivity contribution is 5.82. The van der Waals surface area contributed by atoms with Crippen LogP contribution in [0.4, 0.5) is 0 Å². The van der Waals surface area contributed by atoms with Crippen molar-refractivity contribution in [2.45, 2.75) is 44.0 Å². The van der Waals surface area contributed by atoms with Crippen LogP contribution in [0.5, 0.6) is 5.75 Å². The second-order valence-electron chi connectivity index (χ2n) is 6.82. The third-order valence-corrected chi connectivity index (χ3v) is 5.16. The Balaban J connectivity index is 1.66. The normalized spacial score (nSPS) is 25.1. The molecule has 2 aliphatic rings. The maximum absolute atomic E-state index is 12.6. The third kappa shape index (κ3) is 2.81. The van der Waals surface area contributed by atoms with Gasteiger partial charge in [-0.05, 0) is 49.4 Å². The summed E-state index contributed by atoms with van der Waals surface area (Å²) in [7, 11) is 1.64. The fraction of sp³-hybridized carbons (Fsp3) is 0.381. The largest absolute Gasteiger partial charge is 0.497 e. The summed E-state index contributed by atoms with van der Waals surface area (Å²) < 4.78 is 16.8. The van der Waals surface area contributed by atoms with Gasteiger partial charge in [0.15, 0.2) is 11.7 Å². The zero-order valence-corrected chi connectivity index (χ0v) is 14.5. The van der Waals surface area contributed by atoms with E-state index in [1.165, 1.54) is 5.56 Å². The van der Waals surface area contributed by atoms with Gasteiger partial charge in [-0.1, -0.05) is 42.0 Å². The number of rotatable bonds is 5. The second kappa shape index (κ2) is 6.19. The van der Waals surface area contributed by atoms with Crippen molar-refractivity contribution in [1.82, 2.24) is 0 Å². The minimum atomic E-state index is -0.763. The fourth-order valence-electron chi connectivity index (χ4n) is 3.33. The molecule has 1 saturated carbocycles. The smallest absolute Gasteiger partial charge is 0.339 e. The SMILES string of the molecule is COc1ccc(C2(c3ccc(C)cc3)OC2C(=O)OC2CCC2)cc1. The Morgan fingerprint density at radius 2 is 1.64 bits per heavy atom. The molecule has 0 N–H and O–H groups in total. The number of carbonyl (C=O) groups is 1. The highest BCUT2D eigenvalue weighted by atomic mass is 16.7. The highest BCUT2D eigenvalue weighted by Gasteiger charge is 2.64. The number of epoxide rings is 1. The molecule has 1 heterocycles. The van der Waals surface area contributed by atoms with E-state index in [1.807, 2.05) is 55.5 Å². The molecule has 1 aliphatic heterocycles. The summed E-state index contributed by atoms with van der Waals surface area (Å²) in [6.45, 7) is 2.04. The first-order chi connectivity index (χ1) is 12.1. The van der Waals surface area contributed by atoms with Gasteiger partial charge in [0, 0.05) is 0 Å². The Morgan fingerprint density at radius 3 is 2.16 bits per heavy atom. The van der Waals surface area contributed by atoms with Crippen molar-refractivity contribution in [2.75, 3.05) is 7.11 Å². The van der Waals surface area contributed by atoms with Gasteiger partial charge in [0.1, 0.15) is 11.9 Å². The van der Waals surface area contributed by atoms with E-state index in [2.05, 4.69) is 0 Å². The van der Waals surface area contributed by atoms with E-state index < -0.39 is 11.7 Å². The van der Waals surface area contributed by atoms with E-state index in [1.54, 1.807) is 7.11 Å². The second-order valence-corrected chi connectivity index (χ2v) is 6.82. The summed E-state index contributed by atoms with van der Waals surface area (Å²) in [5.41, 5.74) is 2.32. The summed E-state index contributed by atoms with van der Waals surface area (Å²) >= 11 is 0. The van der Waals surface area contributed by atoms with Gasteiger partial charge in [-0.2, -0.15) is 0 Å². The molecule has 4 nitrogen and oxygen atoms in total. The van der Waals surface area contributed by atoms with Crippen LogP contribution in [0.2, 0.25) is 0 Å². The molecule has 2 atom stereocenters. The van der Waals surface area contributed by atoms with Gasteiger partial charge in [0.05, 0.1) is 7.11 Å². The molecule has 4 heteroatoms. The van der Waals surface area contributed by atoms with Crippen LogP contribution in [0.1, 0.15) is 36.0 Å². The number of hydrogen-bond donors (Lipinski definition) is 0. The molecule has 2 fully saturated rings. The molecule has 1 saturated heterocycles. The molecule has 0 amide bonds. The molecule has 2 aromatic rings. The molecule has 2 aromatic carbocycles. The first kappa shape index (κ1) is 16.2. The third-order valence-electron chi connectivity index (χ3n) is 5.16. The lowest BCUT2D eigenvalue weighted by Gasteiger charge is -2.25. The Bertz CT molecular complexity index is 761. The number of methoxy groups -OCH3 is 1. The summed E-state index contributed by atoms with van der Waals surface area (Å²) in [6, 6.07) is 15.8. The summed E-state index contributed by atoms with van der Waals surface area (Å²) in [6.07, 6.45) is 2.51. The van der Waals surface area contributed by atoms with Crippen LogP contribution in [0, 0.1) is 6.92 Å². The van der Waals surface area contributed by atoms with Crippen LogP contribution in [0.3, 0.4) is 0 Å². The Labute approximate surface area is 147 Å². The average molecular weight is 338 g/mol. The molecule has 2 unspecified atom stereocenters. The molecule has 1 aliphatic carbocycles. The van der Waals surface area contributed by atoms with E-state index in [4.69, 9.17) is 14.2 Å². The molecule has 25 heavy (non-hydrogen) atoms. The number of carbonyl (C=O) groups excluding carboxylic acids is 1. The monoisotopic (exact) mass is 338 g/mol. The van der Waals surface area contributed by atoms with Crippen molar-refractivity contribution in [3.8, 4) is 5.75 Å². The lowest BCUT2D eigenvalue weighted by Crippen LogP contribution is -2.30. The van der Waals surface area contributed by atoms with Gasteiger partial charge >= 0.3 is 5.97 Å². The van der Waals surface area contributed by atoms with E-state index in [-0.39, 0.29) is 12.1 Å². The molecule has 4 rings (SSSR count). The van der Waals surface area contributed by atoms with E-state index in [0.717, 1.165) is 36.1 Å². The van der Waals surface area contributed by atoms with Crippen molar-refractivity contribution in [2.24, 2.45) is 0 Å². The predicted molar refractivity (Wildman–Crippen MR) is 93.6 cm³/mol. The Morgan fingerprint density at radius 1 is 1.04 bits per heavy atom. The number of hydrogen-bond acceptors (Lipinski definition) is 4. The van der Waals surface area contributed by atoms with Gasteiger partial charge in [-0.3, -0.25) is 0 Å². The van der Waals surface area contributed by atoms with Gasteiger partial charge in [0.2, 0.25) is 0 Å². The minimum Gasteiger partial charge on any atom is -0.497 e. The quantitative estimate of drug-likeness (QED) is 0.615. The van der Waals surface area contributed by atoms with Gasteiger partial charge in [0.25, 0.3) is 0 Å². The summed E-state index contributed by atoms with van der Waals surface area (Å²) in [5, 5.41) is 0. The van der Waals surface area contributed by atoms with Crippen molar-refractivity contribution in [3.63, 3.8) is 0 Å². The maximum Gasteiger partial charge on any atom is 0.339 e. The fourth-order valence-corrected chi connectivity index (χ4v) is 3.33. The topological polar surface area (TPSA) is 48.1 Å². The zero-order valence-electron chi connectivity index (χ0n) is 14.5. The lowest BCUT2D eigenvalue weighted by atomic mass is 9.87. The van der Waals surface area contributed by atoms with Crippen molar-refractivity contribution in [3.05, 3.63) is 65.2 Å². The first-order valence-corrected chi connectivity index (χ1v) is 8.73. The highest BCUT2D eigenvalue weighted by Crippen LogP contribution is 2.52. The van der Waals surface area contributed by atoms with Crippen molar-refractivity contribution in [1.29, 1.82) is 0 Å². The van der Waals surface area contributed by atoms with E-state index in [0.29, 0.717) is 0 Å². The predicted octanol–water partition coefficient (Wildman–Crippen LogP) is 3.74. The van der Waals surface area contributed by atoms with Gasteiger partial charge in [-0.15, -0.1) is 0 Å². The van der Waals surface area contributed by atoms with Crippen LogP contribution in [0.25, 0.3) is 0 Å². The van der Waals surface area contributed by atoms with Gasteiger partial charge in [-0.25, -0.2) is 4.79 Å². The lowest BCUT2D eigenvalue weighted by molar-refractivity contribution is -0.154. The minimum absolute atomic E-state index is 0.0586. The Kier molecular flexibility index (Phi) is 4.00. The number of ether oxygens (including phenoxy) is 3. The van der Waals surface area contributed by atoms with E-state index >= 15 is 0 Å². The number of benzene rings is 2. The molecule has 0 radical (unpaired) electrons. The maximum atomic E-state index is 12.6. The first-order valence-electron chi connectivity index (χ1n) is 8.73. The number of aryl methyl sites for hydroxylation is 1. The zero-order chi connectivity index (χ0) is 17.4. The summed E-state index contributed by atoms with van der Waals surface area (Å²) in [5.74, 6) is 0.512. The average Bonchev–Trinajstić information content (AvgIpc) is 3.35. The molecule has 0 aromatic heterocycles. The summed E-state index contributed by atoms with van der Waals surface area (Å²) in [4.78, 5) is 12.6. The van der Waals surface area contributed by atoms with Crippen LogP contribution >= 0.6 is 0 Å². The molecule has 0 spiro atoms. The molecular weight excluding hydrogens is 316 g/mol. The Hall–Kier alpha value is -2.33. The van der Waals surface area contributed by atoms with Gasteiger partial charge < -0.3 is 14.2 Å². The van der Waals surface area contributed by atoms with Crippen LogP contribution in [-0.4, -0.2) is 25.3 Å². The van der Waals surface area contributed by atoms with Crippen molar-refractivity contribution >= 4 is 5.97 Å². The number of esters is 1. The van der Waals surface area contributed by atoms with Crippen LogP contribution in [0.15, 0.2) is 48.5 Å². The molecular formula is C21H22O4.